The van der Waals surface area contributed by atoms with Gasteiger partial charge in [0.2, 0.25) is 5.91 Å². The zero-order valence-corrected chi connectivity index (χ0v) is 31.7. The van der Waals surface area contributed by atoms with E-state index in [1.165, 1.54) is 69.3 Å². The summed E-state index contributed by atoms with van der Waals surface area (Å²) in [5.41, 5.74) is 4.29. The lowest BCUT2D eigenvalue weighted by atomic mass is 9.94. The summed E-state index contributed by atoms with van der Waals surface area (Å²) < 4.78 is 0. The van der Waals surface area contributed by atoms with Crippen molar-refractivity contribution in [3.63, 3.8) is 0 Å². The smallest absolute Gasteiger partial charge is 0.259 e. The molecule has 0 saturated carbocycles. The first-order valence-corrected chi connectivity index (χ1v) is 18.0. The molecular weight excluding hydrogens is 725 g/mol. The van der Waals surface area contributed by atoms with Gasteiger partial charge in [-0.3, -0.25) is 28.8 Å². The number of phenols is 2. The van der Waals surface area contributed by atoms with E-state index in [-0.39, 0.29) is 87.3 Å². The van der Waals surface area contributed by atoms with Crippen molar-refractivity contribution < 1.29 is 39.0 Å². The molecule has 57 heavy (non-hydrogen) atoms. The quantitative estimate of drug-likeness (QED) is 0.0697. The van der Waals surface area contributed by atoms with E-state index < -0.39 is 23.6 Å². The monoisotopic (exact) mass is 764 g/mol. The number of hydrogen-bond donors (Lipinski definition) is 5. The highest BCUT2D eigenvalue weighted by atomic mass is 16.3. The van der Waals surface area contributed by atoms with E-state index in [9.17, 15) is 44.2 Å². The number of rotatable bonds is 14. The Morgan fingerprint density at radius 3 is 1.70 bits per heavy atom. The second-order valence-electron chi connectivity index (χ2n) is 13.6. The summed E-state index contributed by atoms with van der Waals surface area (Å²) >= 11 is 0. The zero-order valence-electron chi connectivity index (χ0n) is 31.7. The van der Waals surface area contributed by atoms with Crippen molar-refractivity contribution in [1.82, 2.24) is 0 Å². The molecule has 5 rings (SSSR count). The van der Waals surface area contributed by atoms with Crippen molar-refractivity contribution in [3.05, 3.63) is 147 Å². The first kappa shape index (κ1) is 40.8. The summed E-state index contributed by atoms with van der Waals surface area (Å²) in [5, 5.41) is 38.6. The molecule has 288 valence electrons. The lowest BCUT2D eigenvalue weighted by molar-refractivity contribution is -0.119. The summed E-state index contributed by atoms with van der Waals surface area (Å²) in [7, 11) is 0. The molecule has 5 aromatic carbocycles. The summed E-state index contributed by atoms with van der Waals surface area (Å²) in [6.45, 7) is 6.32. The zero-order chi connectivity index (χ0) is 41.4. The standard InChI is InChI=1S/C45H40N4O8/c1-25-5-9-30(10-6-25)39(51)23-29-7-11-31(12-8-29)40(52)24-33(21-22-46)44(56)47-34-15-13-32(14-16-34)43(55)48-37-20-18-36(42(54)27(37)3)45(57)49-38-19-17-35(28(4)50)41(53)26(38)2/h5-20,33,53-54H,21,23-24H2,1-4H3,(H,47,56)(H,48,55)(H,49,57). The highest BCUT2D eigenvalue weighted by molar-refractivity contribution is 6.09. The molecular formula is C45H40N4O8. The first-order valence-electron chi connectivity index (χ1n) is 18.0. The van der Waals surface area contributed by atoms with Gasteiger partial charge >= 0.3 is 0 Å². The van der Waals surface area contributed by atoms with E-state index in [1.54, 1.807) is 36.4 Å². The second-order valence-corrected chi connectivity index (χ2v) is 13.6. The van der Waals surface area contributed by atoms with Crippen LogP contribution < -0.4 is 16.0 Å². The van der Waals surface area contributed by atoms with Crippen LogP contribution in [0.4, 0.5) is 17.1 Å². The van der Waals surface area contributed by atoms with Crippen molar-refractivity contribution in [2.45, 2.75) is 47.0 Å². The number of nitrogens with zero attached hydrogens (tertiary/aromatic N) is 1. The average Bonchev–Trinajstić information content (AvgIpc) is 3.18. The molecule has 0 aliphatic heterocycles. The maximum Gasteiger partial charge on any atom is 0.259 e. The SMILES string of the molecule is CC(=O)c1ccc(NC(=O)c2ccc(NC(=O)c3ccc(NC(=O)C(CC#N)CC(=O)c4ccc(CC(=O)c5ccc(C)cc5)cc4)cc3)c(C)c2O)c(C)c1O. The Bertz CT molecular complexity index is 2430. The minimum atomic E-state index is -0.947. The number of carbonyl (C=O) groups is 6. The Kier molecular flexibility index (Phi) is 12.8. The fraction of sp³-hybridized carbons (Fsp3) is 0.178. The molecule has 0 bridgehead atoms. The third kappa shape index (κ3) is 9.84. The van der Waals surface area contributed by atoms with Gasteiger partial charge in [-0.15, -0.1) is 0 Å². The van der Waals surface area contributed by atoms with Crippen LogP contribution in [0, 0.1) is 38.0 Å². The number of Topliss-reactive ketones (excluding diaryl/α,β-unsaturated/α-hetero) is 3. The molecule has 0 aliphatic carbocycles. The van der Waals surface area contributed by atoms with Gasteiger partial charge in [-0.1, -0.05) is 54.1 Å². The largest absolute Gasteiger partial charge is 0.507 e. The number of nitrogens with one attached hydrogen (secondary N) is 3. The van der Waals surface area contributed by atoms with Gasteiger partial charge in [0.1, 0.15) is 11.5 Å². The Labute approximate surface area is 329 Å². The van der Waals surface area contributed by atoms with Crippen molar-refractivity contribution >= 4 is 52.1 Å². The molecule has 0 radical (unpaired) electrons. The van der Waals surface area contributed by atoms with Gasteiger partial charge in [0.25, 0.3) is 11.8 Å². The van der Waals surface area contributed by atoms with Crippen LogP contribution in [-0.2, 0) is 11.2 Å². The molecule has 0 heterocycles. The summed E-state index contributed by atoms with van der Waals surface area (Å²) in [6, 6.07) is 27.4. The normalized spacial score (nSPS) is 11.1. The molecule has 0 spiro atoms. The second kappa shape index (κ2) is 17.8. The highest BCUT2D eigenvalue weighted by Crippen LogP contribution is 2.33. The highest BCUT2D eigenvalue weighted by Gasteiger charge is 2.24. The summed E-state index contributed by atoms with van der Waals surface area (Å²) in [5.74, 6) is -4.06. The third-order valence-electron chi connectivity index (χ3n) is 9.55. The summed E-state index contributed by atoms with van der Waals surface area (Å²) in [6.07, 6.45) is -0.250. The number of benzene rings is 5. The molecule has 0 aliphatic rings. The molecule has 3 amide bonds. The Morgan fingerprint density at radius 2 is 1.12 bits per heavy atom. The minimum Gasteiger partial charge on any atom is -0.507 e. The topological polar surface area (TPSA) is 203 Å². The van der Waals surface area contributed by atoms with E-state index in [2.05, 4.69) is 16.0 Å². The van der Waals surface area contributed by atoms with Crippen molar-refractivity contribution in [2.75, 3.05) is 16.0 Å². The Morgan fingerprint density at radius 1 is 0.614 bits per heavy atom. The van der Waals surface area contributed by atoms with Crippen LogP contribution in [-0.4, -0.2) is 45.3 Å². The van der Waals surface area contributed by atoms with Gasteiger partial charge in [0, 0.05) is 64.1 Å². The molecule has 5 aromatic rings. The van der Waals surface area contributed by atoms with E-state index >= 15 is 0 Å². The molecule has 0 saturated heterocycles. The number of phenolic OH excluding ortho intramolecular Hbond substituents is 2. The number of aromatic hydroxyl groups is 2. The molecule has 1 atom stereocenters. The van der Waals surface area contributed by atoms with E-state index in [0.29, 0.717) is 16.8 Å². The predicted molar refractivity (Wildman–Crippen MR) is 215 cm³/mol. The van der Waals surface area contributed by atoms with Gasteiger partial charge in [-0.25, -0.2) is 0 Å². The minimum absolute atomic E-state index is 0.0482. The third-order valence-corrected chi connectivity index (χ3v) is 9.55. The summed E-state index contributed by atoms with van der Waals surface area (Å²) in [4.78, 5) is 76.8. The van der Waals surface area contributed by atoms with Crippen LogP contribution in [0.5, 0.6) is 11.5 Å². The average molecular weight is 765 g/mol. The van der Waals surface area contributed by atoms with Crippen molar-refractivity contribution in [3.8, 4) is 17.6 Å². The lowest BCUT2D eigenvalue weighted by Gasteiger charge is -2.15. The van der Waals surface area contributed by atoms with Crippen LogP contribution in [0.15, 0.2) is 97.1 Å². The lowest BCUT2D eigenvalue weighted by Crippen LogP contribution is -2.25. The molecule has 5 N–H and O–H groups in total. The fourth-order valence-electron chi connectivity index (χ4n) is 6.02. The molecule has 1 unspecified atom stereocenters. The number of aryl methyl sites for hydroxylation is 1. The predicted octanol–water partition coefficient (Wildman–Crippen LogP) is 7.90. The van der Waals surface area contributed by atoms with E-state index in [0.717, 1.165) is 11.1 Å². The van der Waals surface area contributed by atoms with Crippen molar-refractivity contribution in [2.24, 2.45) is 5.92 Å². The van der Waals surface area contributed by atoms with Gasteiger partial charge < -0.3 is 26.2 Å². The Balaban J connectivity index is 1.17. The van der Waals surface area contributed by atoms with Crippen LogP contribution in [0.25, 0.3) is 0 Å². The maximum absolute atomic E-state index is 13.2. The number of nitriles is 1. The fourth-order valence-corrected chi connectivity index (χ4v) is 6.02. The van der Waals surface area contributed by atoms with Crippen LogP contribution >= 0.6 is 0 Å². The van der Waals surface area contributed by atoms with Gasteiger partial charge in [-0.2, -0.15) is 5.26 Å². The maximum atomic E-state index is 13.2. The van der Waals surface area contributed by atoms with Crippen LogP contribution in [0.2, 0.25) is 0 Å². The van der Waals surface area contributed by atoms with Gasteiger partial charge in [-0.05, 0) is 81.8 Å². The molecule has 12 nitrogen and oxygen atoms in total. The van der Waals surface area contributed by atoms with E-state index in [4.69, 9.17) is 0 Å². The molecule has 12 heteroatoms. The number of carbonyl (C=O) groups excluding carboxylic acids is 6. The van der Waals surface area contributed by atoms with Crippen molar-refractivity contribution in [1.29, 1.82) is 5.26 Å². The number of ketones is 3. The Hall–Kier alpha value is -7.39. The van der Waals surface area contributed by atoms with Gasteiger partial charge in [0.15, 0.2) is 17.3 Å². The number of amides is 3. The molecule has 0 fully saturated rings. The first-order chi connectivity index (χ1) is 27.2. The van der Waals surface area contributed by atoms with E-state index in [1.807, 2.05) is 25.1 Å². The van der Waals surface area contributed by atoms with Crippen LogP contribution in [0.3, 0.4) is 0 Å². The molecule has 0 aromatic heterocycles. The number of anilines is 3. The van der Waals surface area contributed by atoms with Crippen LogP contribution in [0.1, 0.15) is 93.8 Å². The number of hydrogen-bond acceptors (Lipinski definition) is 9. The van der Waals surface area contributed by atoms with Gasteiger partial charge in [0.05, 0.1) is 23.1 Å².